The second-order valence-electron chi connectivity index (χ2n) is 12.8. The largest absolute Gasteiger partial charge is 0.462 e. The van der Waals surface area contributed by atoms with Gasteiger partial charge in [0.05, 0.1) is 0 Å². The molecule has 4 aliphatic carbocycles. The van der Waals surface area contributed by atoms with Crippen molar-refractivity contribution < 1.29 is 9.53 Å². The van der Waals surface area contributed by atoms with E-state index in [4.69, 9.17) is 4.74 Å². The molecule has 4 rings (SSSR count). The molecule has 3 fully saturated rings. The van der Waals surface area contributed by atoms with E-state index in [-0.39, 0.29) is 12.1 Å². The van der Waals surface area contributed by atoms with Gasteiger partial charge in [-0.25, -0.2) is 0 Å². The van der Waals surface area contributed by atoms with Crippen LogP contribution in [-0.2, 0) is 9.53 Å². The molecule has 0 radical (unpaired) electrons. The molecule has 0 aromatic heterocycles. The van der Waals surface area contributed by atoms with E-state index in [1.807, 2.05) is 0 Å². The minimum absolute atomic E-state index is 0.106. The van der Waals surface area contributed by atoms with Crippen LogP contribution in [0.25, 0.3) is 0 Å². The molecule has 0 N–H and O–H groups in total. The Morgan fingerprint density at radius 3 is 2.47 bits per heavy atom. The van der Waals surface area contributed by atoms with E-state index in [0.717, 1.165) is 42.4 Å². The molecular formula is C30H48O2. The van der Waals surface area contributed by atoms with Gasteiger partial charge in [-0.15, -0.1) is 0 Å². The summed E-state index contributed by atoms with van der Waals surface area (Å²) in [4.78, 5) is 11.5. The summed E-state index contributed by atoms with van der Waals surface area (Å²) in [5.74, 6) is 5.35. The lowest BCUT2D eigenvalue weighted by Gasteiger charge is -2.58. The van der Waals surface area contributed by atoms with E-state index in [1.54, 1.807) is 12.5 Å². The van der Waals surface area contributed by atoms with Gasteiger partial charge in [-0.1, -0.05) is 65.3 Å². The van der Waals surface area contributed by atoms with Gasteiger partial charge in [0.25, 0.3) is 0 Å². The van der Waals surface area contributed by atoms with Crippen molar-refractivity contribution in [2.45, 2.75) is 106 Å². The van der Waals surface area contributed by atoms with Crippen molar-refractivity contribution in [3.8, 4) is 0 Å². The van der Waals surface area contributed by atoms with Gasteiger partial charge in [0.15, 0.2) is 0 Å². The van der Waals surface area contributed by atoms with Gasteiger partial charge in [0.2, 0.25) is 0 Å². The van der Waals surface area contributed by atoms with Gasteiger partial charge in [0.1, 0.15) is 6.10 Å². The maximum absolute atomic E-state index is 11.5. The lowest BCUT2D eigenvalue weighted by molar-refractivity contribution is -0.148. The molecule has 9 unspecified atom stereocenters. The molecule has 0 aliphatic heterocycles. The third-order valence-corrected chi connectivity index (χ3v) is 10.9. The lowest BCUT2D eigenvalue weighted by atomic mass is 9.47. The van der Waals surface area contributed by atoms with Crippen LogP contribution in [0.2, 0.25) is 0 Å². The summed E-state index contributed by atoms with van der Waals surface area (Å²) in [5.41, 5.74) is 2.44. The summed E-state index contributed by atoms with van der Waals surface area (Å²) in [6.07, 6.45) is 17.8. The summed E-state index contributed by atoms with van der Waals surface area (Å²) in [7, 11) is 0. The molecule has 0 saturated heterocycles. The summed E-state index contributed by atoms with van der Waals surface area (Å²) in [6, 6.07) is 0. The number of carbonyl (C=O) groups is 1. The molecule has 0 aromatic rings. The Balaban J connectivity index is 1.50. The monoisotopic (exact) mass is 440 g/mol. The van der Waals surface area contributed by atoms with Crippen LogP contribution >= 0.6 is 0 Å². The Morgan fingerprint density at radius 1 is 1.03 bits per heavy atom. The standard InChI is InChI=1S/C30H48O2/c1-19(2)20(3)8-9-21(4)26-12-13-27-25-11-10-23-18-24(32-22(5)31)14-16-29(23,6)28(25)15-17-30(26,27)7/h8-10,19-21,24-28H,11-18H2,1-7H3. The molecule has 2 heteroatoms. The fourth-order valence-corrected chi connectivity index (χ4v) is 8.57. The smallest absolute Gasteiger partial charge is 0.302 e. The van der Waals surface area contributed by atoms with Crippen molar-refractivity contribution in [2.24, 2.45) is 52.3 Å². The van der Waals surface area contributed by atoms with E-state index in [1.165, 1.54) is 38.5 Å². The summed E-state index contributed by atoms with van der Waals surface area (Å²) in [5, 5.41) is 0. The maximum Gasteiger partial charge on any atom is 0.302 e. The fraction of sp³-hybridized carbons (Fsp3) is 0.833. The van der Waals surface area contributed by atoms with Crippen molar-refractivity contribution in [1.29, 1.82) is 0 Å². The van der Waals surface area contributed by atoms with Gasteiger partial charge in [-0.3, -0.25) is 4.79 Å². The van der Waals surface area contributed by atoms with Crippen molar-refractivity contribution in [1.82, 2.24) is 0 Å². The molecule has 0 bridgehead atoms. The molecule has 0 amide bonds. The Labute approximate surface area is 197 Å². The third-order valence-electron chi connectivity index (χ3n) is 10.9. The fourth-order valence-electron chi connectivity index (χ4n) is 8.57. The zero-order chi connectivity index (χ0) is 23.3. The Morgan fingerprint density at radius 2 is 1.78 bits per heavy atom. The van der Waals surface area contributed by atoms with Crippen molar-refractivity contribution >= 4 is 5.97 Å². The van der Waals surface area contributed by atoms with Crippen LogP contribution in [0.3, 0.4) is 0 Å². The SMILES string of the molecule is CC(=O)OC1CCC2(C)C(=CCC3C2CCC2(C)C(C(C)C=CC(C)C(C)C)CCC32)C1. The van der Waals surface area contributed by atoms with Crippen LogP contribution in [0, 0.1) is 52.3 Å². The minimum Gasteiger partial charge on any atom is -0.462 e. The van der Waals surface area contributed by atoms with Gasteiger partial charge in [-0.2, -0.15) is 0 Å². The number of esters is 1. The molecule has 2 nitrogen and oxygen atoms in total. The highest BCUT2D eigenvalue weighted by Gasteiger charge is 2.59. The molecule has 3 saturated carbocycles. The van der Waals surface area contributed by atoms with Crippen LogP contribution < -0.4 is 0 Å². The molecule has 32 heavy (non-hydrogen) atoms. The number of carbonyl (C=O) groups excluding carboxylic acids is 1. The topological polar surface area (TPSA) is 26.3 Å². The first-order valence-corrected chi connectivity index (χ1v) is 13.6. The molecule has 0 spiro atoms. The highest BCUT2D eigenvalue weighted by Crippen LogP contribution is 2.67. The van der Waals surface area contributed by atoms with Crippen molar-refractivity contribution in [2.75, 3.05) is 0 Å². The van der Waals surface area contributed by atoms with Crippen LogP contribution in [-0.4, -0.2) is 12.1 Å². The first kappa shape index (κ1) is 24.1. The highest BCUT2D eigenvalue weighted by atomic mass is 16.5. The third kappa shape index (κ3) is 4.14. The lowest BCUT2D eigenvalue weighted by Crippen LogP contribution is -2.51. The average Bonchev–Trinajstić information content (AvgIpc) is 3.08. The Hall–Kier alpha value is -1.05. The molecular weight excluding hydrogens is 392 g/mol. The molecule has 9 atom stereocenters. The predicted octanol–water partition coefficient (Wildman–Crippen LogP) is 7.98. The number of hydrogen-bond acceptors (Lipinski definition) is 2. The van der Waals surface area contributed by atoms with Gasteiger partial charge >= 0.3 is 5.97 Å². The van der Waals surface area contributed by atoms with E-state index >= 15 is 0 Å². The van der Waals surface area contributed by atoms with E-state index < -0.39 is 0 Å². The maximum atomic E-state index is 11.5. The Bertz CT molecular complexity index is 763. The number of allylic oxidation sites excluding steroid dienone is 3. The number of fused-ring (bicyclic) bond motifs is 5. The Kier molecular flexibility index (Phi) is 6.74. The van der Waals surface area contributed by atoms with E-state index in [9.17, 15) is 4.79 Å². The summed E-state index contributed by atoms with van der Waals surface area (Å²) >= 11 is 0. The van der Waals surface area contributed by atoms with Crippen LogP contribution in [0.4, 0.5) is 0 Å². The van der Waals surface area contributed by atoms with Crippen LogP contribution in [0.5, 0.6) is 0 Å². The zero-order valence-corrected chi connectivity index (χ0v) is 21.8. The van der Waals surface area contributed by atoms with E-state index in [0.29, 0.717) is 22.7 Å². The molecule has 0 heterocycles. The molecule has 0 aromatic carbocycles. The first-order chi connectivity index (χ1) is 15.1. The van der Waals surface area contributed by atoms with Gasteiger partial charge in [-0.05, 0) is 97.2 Å². The highest BCUT2D eigenvalue weighted by molar-refractivity contribution is 5.66. The van der Waals surface area contributed by atoms with Crippen LogP contribution in [0.1, 0.15) is 99.8 Å². The minimum atomic E-state index is -0.121. The second-order valence-corrected chi connectivity index (χ2v) is 12.8. The van der Waals surface area contributed by atoms with Crippen LogP contribution in [0.15, 0.2) is 23.8 Å². The zero-order valence-electron chi connectivity index (χ0n) is 21.8. The second kappa shape index (κ2) is 8.95. The molecule has 4 aliphatic rings. The summed E-state index contributed by atoms with van der Waals surface area (Å²) < 4.78 is 5.62. The summed E-state index contributed by atoms with van der Waals surface area (Å²) in [6.45, 7) is 16.3. The molecule has 180 valence electrons. The van der Waals surface area contributed by atoms with Gasteiger partial charge < -0.3 is 4.74 Å². The quantitative estimate of drug-likeness (QED) is 0.320. The van der Waals surface area contributed by atoms with Gasteiger partial charge in [0, 0.05) is 13.3 Å². The van der Waals surface area contributed by atoms with E-state index in [2.05, 4.69) is 59.8 Å². The van der Waals surface area contributed by atoms with Crippen molar-refractivity contribution in [3.63, 3.8) is 0 Å². The van der Waals surface area contributed by atoms with Crippen molar-refractivity contribution in [3.05, 3.63) is 23.8 Å². The number of rotatable bonds is 5. The number of hydrogen-bond donors (Lipinski definition) is 0. The predicted molar refractivity (Wildman–Crippen MR) is 133 cm³/mol. The first-order valence-electron chi connectivity index (χ1n) is 13.6. The normalized spacial score (nSPS) is 43.2. The average molecular weight is 441 g/mol. The number of ether oxygens (including phenoxy) is 1.